The number of amides is 1. The fourth-order valence-corrected chi connectivity index (χ4v) is 3.21. The lowest BCUT2D eigenvalue weighted by Gasteiger charge is -2.14. The Labute approximate surface area is 197 Å². The number of rotatable bonds is 10. The standard InChI is InChI=1S/C25H25ClN2O5/c1-3-32-23-11-17(14-27-19-6-4-5-18(12-19)25(30)31)8-10-22(23)33-15-24(29)28-20-9-7-16(2)21(26)13-20/h4-13,27H,3,14-15H2,1-2H3,(H,28,29)(H,30,31). The van der Waals surface area contributed by atoms with E-state index in [9.17, 15) is 9.59 Å². The number of nitrogens with one attached hydrogen (secondary N) is 2. The third-order valence-electron chi connectivity index (χ3n) is 4.73. The number of carbonyl (C=O) groups excluding carboxylic acids is 1. The summed E-state index contributed by atoms with van der Waals surface area (Å²) in [6.07, 6.45) is 0. The second kappa shape index (κ2) is 11.2. The molecule has 3 rings (SSSR count). The van der Waals surface area contributed by atoms with Gasteiger partial charge in [-0.1, -0.05) is 29.8 Å². The molecule has 33 heavy (non-hydrogen) atoms. The molecular weight excluding hydrogens is 444 g/mol. The molecule has 3 aromatic rings. The number of hydrogen-bond acceptors (Lipinski definition) is 5. The molecule has 7 nitrogen and oxygen atoms in total. The minimum Gasteiger partial charge on any atom is -0.490 e. The number of hydrogen-bond donors (Lipinski definition) is 3. The monoisotopic (exact) mass is 468 g/mol. The molecule has 0 aliphatic rings. The molecule has 0 radical (unpaired) electrons. The van der Waals surface area contributed by atoms with Crippen molar-refractivity contribution in [2.75, 3.05) is 23.8 Å². The average molecular weight is 469 g/mol. The Morgan fingerprint density at radius 1 is 0.970 bits per heavy atom. The van der Waals surface area contributed by atoms with E-state index in [0.717, 1.165) is 11.1 Å². The number of halogens is 1. The van der Waals surface area contributed by atoms with Crippen LogP contribution in [0.3, 0.4) is 0 Å². The minimum atomic E-state index is -0.978. The van der Waals surface area contributed by atoms with Crippen LogP contribution in [0, 0.1) is 6.92 Å². The fraction of sp³-hybridized carbons (Fsp3) is 0.200. The molecule has 172 valence electrons. The quantitative estimate of drug-likeness (QED) is 0.370. The first-order valence-electron chi connectivity index (χ1n) is 10.4. The van der Waals surface area contributed by atoms with E-state index in [1.165, 1.54) is 6.07 Å². The second-order valence-electron chi connectivity index (χ2n) is 7.25. The third-order valence-corrected chi connectivity index (χ3v) is 5.14. The lowest BCUT2D eigenvalue weighted by molar-refractivity contribution is -0.118. The Hall–Kier alpha value is -3.71. The van der Waals surface area contributed by atoms with Gasteiger partial charge in [-0.25, -0.2) is 4.79 Å². The van der Waals surface area contributed by atoms with Crippen LogP contribution in [-0.2, 0) is 11.3 Å². The number of carbonyl (C=O) groups is 2. The van der Waals surface area contributed by atoms with Crippen LogP contribution in [0.25, 0.3) is 0 Å². The van der Waals surface area contributed by atoms with Crippen LogP contribution in [0.15, 0.2) is 60.7 Å². The zero-order chi connectivity index (χ0) is 23.8. The minimum absolute atomic E-state index is 0.189. The van der Waals surface area contributed by atoms with Crippen molar-refractivity contribution < 1.29 is 24.2 Å². The molecule has 0 heterocycles. The highest BCUT2D eigenvalue weighted by Crippen LogP contribution is 2.29. The molecule has 0 spiro atoms. The average Bonchev–Trinajstić information content (AvgIpc) is 2.80. The Bertz CT molecular complexity index is 1150. The van der Waals surface area contributed by atoms with E-state index in [-0.39, 0.29) is 18.1 Å². The lowest BCUT2D eigenvalue weighted by Crippen LogP contribution is -2.20. The molecular formula is C25H25ClN2O5. The summed E-state index contributed by atoms with van der Waals surface area (Å²) < 4.78 is 11.4. The van der Waals surface area contributed by atoms with Crippen molar-refractivity contribution in [1.29, 1.82) is 0 Å². The van der Waals surface area contributed by atoms with E-state index in [0.29, 0.717) is 41.0 Å². The van der Waals surface area contributed by atoms with Gasteiger partial charge in [-0.05, 0) is 67.4 Å². The van der Waals surface area contributed by atoms with Gasteiger partial charge >= 0.3 is 5.97 Å². The highest BCUT2D eigenvalue weighted by molar-refractivity contribution is 6.31. The van der Waals surface area contributed by atoms with Crippen molar-refractivity contribution in [3.63, 3.8) is 0 Å². The van der Waals surface area contributed by atoms with Crippen LogP contribution in [0.1, 0.15) is 28.4 Å². The van der Waals surface area contributed by atoms with Gasteiger partial charge in [0.1, 0.15) is 0 Å². The number of carboxylic acids is 1. The van der Waals surface area contributed by atoms with Gasteiger partial charge in [-0.15, -0.1) is 0 Å². The number of aryl methyl sites for hydroxylation is 1. The van der Waals surface area contributed by atoms with E-state index in [1.54, 1.807) is 36.4 Å². The first kappa shape index (κ1) is 23.9. The number of carboxylic acid groups (broad SMARTS) is 1. The van der Waals surface area contributed by atoms with Gasteiger partial charge in [-0.3, -0.25) is 4.79 Å². The van der Waals surface area contributed by atoms with Gasteiger partial charge < -0.3 is 25.2 Å². The van der Waals surface area contributed by atoms with Gasteiger partial charge in [-0.2, -0.15) is 0 Å². The van der Waals surface area contributed by atoms with E-state index in [1.807, 2.05) is 32.0 Å². The van der Waals surface area contributed by atoms with Crippen molar-refractivity contribution in [2.24, 2.45) is 0 Å². The predicted octanol–water partition coefficient (Wildman–Crippen LogP) is 5.37. The van der Waals surface area contributed by atoms with Crippen LogP contribution in [0.2, 0.25) is 5.02 Å². The summed E-state index contributed by atoms with van der Waals surface area (Å²) in [4.78, 5) is 23.4. The smallest absolute Gasteiger partial charge is 0.335 e. The van der Waals surface area contributed by atoms with Crippen molar-refractivity contribution in [1.82, 2.24) is 0 Å². The molecule has 0 fully saturated rings. The molecule has 0 saturated carbocycles. The molecule has 3 N–H and O–H groups in total. The maximum Gasteiger partial charge on any atom is 0.335 e. The van der Waals surface area contributed by atoms with Gasteiger partial charge in [0, 0.05) is 22.9 Å². The first-order chi connectivity index (χ1) is 15.9. The summed E-state index contributed by atoms with van der Waals surface area (Å²) in [6, 6.07) is 17.3. The highest BCUT2D eigenvalue weighted by Gasteiger charge is 2.11. The zero-order valence-corrected chi connectivity index (χ0v) is 19.1. The van der Waals surface area contributed by atoms with Crippen molar-refractivity contribution >= 4 is 34.9 Å². The molecule has 0 aliphatic carbocycles. The third kappa shape index (κ3) is 6.89. The molecule has 3 aromatic carbocycles. The number of anilines is 2. The first-order valence-corrected chi connectivity index (χ1v) is 10.7. The summed E-state index contributed by atoms with van der Waals surface area (Å²) in [5.74, 6) is -0.331. The lowest BCUT2D eigenvalue weighted by atomic mass is 10.1. The second-order valence-corrected chi connectivity index (χ2v) is 7.66. The van der Waals surface area contributed by atoms with Crippen LogP contribution < -0.4 is 20.1 Å². The van der Waals surface area contributed by atoms with E-state index in [2.05, 4.69) is 10.6 Å². The van der Waals surface area contributed by atoms with Crippen LogP contribution in [0.4, 0.5) is 11.4 Å². The van der Waals surface area contributed by atoms with Gasteiger partial charge in [0.05, 0.1) is 12.2 Å². The molecule has 0 bridgehead atoms. The Morgan fingerprint density at radius 2 is 1.79 bits per heavy atom. The Morgan fingerprint density at radius 3 is 2.52 bits per heavy atom. The predicted molar refractivity (Wildman–Crippen MR) is 129 cm³/mol. The number of ether oxygens (including phenoxy) is 2. The van der Waals surface area contributed by atoms with E-state index in [4.69, 9.17) is 26.2 Å². The molecule has 1 amide bonds. The molecule has 0 unspecified atom stereocenters. The number of aromatic carboxylic acids is 1. The molecule has 8 heteroatoms. The van der Waals surface area contributed by atoms with E-state index >= 15 is 0 Å². The maximum atomic E-state index is 12.3. The summed E-state index contributed by atoms with van der Waals surface area (Å²) in [5.41, 5.74) is 3.34. The van der Waals surface area contributed by atoms with Crippen LogP contribution in [0.5, 0.6) is 11.5 Å². The topological polar surface area (TPSA) is 96.9 Å². The summed E-state index contributed by atoms with van der Waals surface area (Å²) in [7, 11) is 0. The van der Waals surface area contributed by atoms with E-state index < -0.39 is 5.97 Å². The molecule has 0 saturated heterocycles. The van der Waals surface area contributed by atoms with Crippen LogP contribution >= 0.6 is 11.6 Å². The van der Waals surface area contributed by atoms with Crippen LogP contribution in [-0.4, -0.2) is 30.2 Å². The SMILES string of the molecule is CCOc1cc(CNc2cccc(C(=O)O)c2)ccc1OCC(=O)Nc1ccc(C)c(Cl)c1. The highest BCUT2D eigenvalue weighted by atomic mass is 35.5. The van der Waals surface area contributed by atoms with Crippen molar-refractivity contribution in [3.8, 4) is 11.5 Å². The molecule has 0 atom stereocenters. The summed E-state index contributed by atoms with van der Waals surface area (Å²) in [5, 5.41) is 15.6. The zero-order valence-electron chi connectivity index (χ0n) is 18.4. The Kier molecular flexibility index (Phi) is 8.16. The van der Waals surface area contributed by atoms with Crippen molar-refractivity contribution in [2.45, 2.75) is 20.4 Å². The largest absolute Gasteiger partial charge is 0.490 e. The van der Waals surface area contributed by atoms with Gasteiger partial charge in [0.25, 0.3) is 5.91 Å². The van der Waals surface area contributed by atoms with Gasteiger partial charge in [0.15, 0.2) is 18.1 Å². The van der Waals surface area contributed by atoms with Crippen molar-refractivity contribution in [3.05, 3.63) is 82.4 Å². The molecule has 0 aliphatic heterocycles. The van der Waals surface area contributed by atoms with Gasteiger partial charge in [0.2, 0.25) is 0 Å². The molecule has 0 aromatic heterocycles. The normalized spacial score (nSPS) is 10.4. The summed E-state index contributed by atoms with van der Waals surface area (Å²) in [6.45, 7) is 4.45. The maximum absolute atomic E-state index is 12.3. The fourth-order valence-electron chi connectivity index (χ4n) is 3.03. The summed E-state index contributed by atoms with van der Waals surface area (Å²) >= 11 is 6.10. The Balaban J connectivity index is 1.61. The number of benzene rings is 3.